The van der Waals surface area contributed by atoms with Crippen LogP contribution in [-0.4, -0.2) is 18.1 Å². The lowest BCUT2D eigenvalue weighted by Gasteiger charge is -2.18. The summed E-state index contributed by atoms with van der Waals surface area (Å²) in [4.78, 5) is 6.67. The lowest BCUT2D eigenvalue weighted by atomic mass is 9.99. The standard InChI is InChI=1S/C18H18FN3/c1-13-2-7-18(21-17(13)11-20)22-9-8-15(12-22)10-14-3-5-16(19)6-4-14/h2-7,15H,8-10,12H2,1H3. The number of pyridine rings is 1. The van der Waals surface area contributed by atoms with E-state index in [2.05, 4.69) is 16.0 Å². The lowest BCUT2D eigenvalue weighted by Crippen LogP contribution is -2.21. The minimum absolute atomic E-state index is 0.190. The number of aryl methyl sites for hydroxylation is 1. The van der Waals surface area contributed by atoms with Gasteiger partial charge in [0, 0.05) is 13.1 Å². The van der Waals surface area contributed by atoms with Gasteiger partial charge in [0.25, 0.3) is 0 Å². The zero-order valence-electron chi connectivity index (χ0n) is 12.6. The van der Waals surface area contributed by atoms with Crippen LogP contribution in [0.3, 0.4) is 0 Å². The SMILES string of the molecule is Cc1ccc(N2CCC(Cc3ccc(F)cc3)C2)nc1C#N. The number of anilines is 1. The third-order valence-electron chi connectivity index (χ3n) is 4.24. The number of halogens is 1. The highest BCUT2D eigenvalue weighted by atomic mass is 19.1. The monoisotopic (exact) mass is 295 g/mol. The molecule has 4 heteroatoms. The van der Waals surface area contributed by atoms with Gasteiger partial charge in [-0.2, -0.15) is 5.26 Å². The second-order valence-corrected chi connectivity index (χ2v) is 5.88. The Balaban J connectivity index is 1.67. The minimum atomic E-state index is -0.190. The van der Waals surface area contributed by atoms with Crippen molar-refractivity contribution in [3.05, 3.63) is 59.0 Å². The lowest BCUT2D eigenvalue weighted by molar-refractivity contribution is 0.583. The van der Waals surface area contributed by atoms with Gasteiger partial charge in [0.15, 0.2) is 0 Å². The summed E-state index contributed by atoms with van der Waals surface area (Å²) in [5, 5.41) is 9.09. The van der Waals surface area contributed by atoms with Gasteiger partial charge in [0.1, 0.15) is 23.4 Å². The number of aromatic nitrogens is 1. The Bertz CT molecular complexity index is 703. The molecule has 1 aromatic heterocycles. The average molecular weight is 295 g/mol. The van der Waals surface area contributed by atoms with Crippen LogP contribution >= 0.6 is 0 Å². The number of benzene rings is 1. The van der Waals surface area contributed by atoms with Gasteiger partial charge in [0.05, 0.1) is 0 Å². The first kappa shape index (κ1) is 14.5. The quantitative estimate of drug-likeness (QED) is 0.870. The number of hydrogen-bond acceptors (Lipinski definition) is 3. The topological polar surface area (TPSA) is 39.9 Å². The maximum atomic E-state index is 12.9. The summed E-state index contributed by atoms with van der Waals surface area (Å²) in [6.07, 6.45) is 2.04. The van der Waals surface area contributed by atoms with Crippen LogP contribution in [0, 0.1) is 30.0 Å². The number of nitrogens with zero attached hydrogens (tertiary/aromatic N) is 3. The van der Waals surface area contributed by atoms with E-state index in [1.54, 1.807) is 0 Å². The molecule has 1 unspecified atom stereocenters. The van der Waals surface area contributed by atoms with Crippen LogP contribution in [0.25, 0.3) is 0 Å². The first-order valence-corrected chi connectivity index (χ1v) is 7.53. The zero-order valence-corrected chi connectivity index (χ0v) is 12.6. The third-order valence-corrected chi connectivity index (χ3v) is 4.24. The van der Waals surface area contributed by atoms with Crippen LogP contribution in [0.15, 0.2) is 36.4 Å². The molecule has 1 aliphatic rings. The Kier molecular flexibility index (Phi) is 4.06. The molecule has 0 spiro atoms. The van der Waals surface area contributed by atoms with Gasteiger partial charge in [0.2, 0.25) is 0 Å². The predicted molar refractivity (Wildman–Crippen MR) is 84.1 cm³/mol. The molecule has 1 saturated heterocycles. The van der Waals surface area contributed by atoms with E-state index in [0.29, 0.717) is 11.6 Å². The fourth-order valence-electron chi connectivity index (χ4n) is 2.97. The highest BCUT2D eigenvalue weighted by molar-refractivity contribution is 5.45. The van der Waals surface area contributed by atoms with Crippen molar-refractivity contribution in [2.75, 3.05) is 18.0 Å². The second-order valence-electron chi connectivity index (χ2n) is 5.88. The van der Waals surface area contributed by atoms with Crippen molar-refractivity contribution in [2.45, 2.75) is 19.8 Å². The van der Waals surface area contributed by atoms with Crippen molar-refractivity contribution >= 4 is 5.82 Å². The van der Waals surface area contributed by atoms with Gasteiger partial charge in [-0.15, -0.1) is 0 Å². The summed E-state index contributed by atoms with van der Waals surface area (Å²) in [5.41, 5.74) is 2.58. The van der Waals surface area contributed by atoms with E-state index in [1.165, 1.54) is 17.7 Å². The van der Waals surface area contributed by atoms with Crippen molar-refractivity contribution in [2.24, 2.45) is 5.92 Å². The van der Waals surface area contributed by atoms with Crippen LogP contribution < -0.4 is 4.90 Å². The Morgan fingerprint density at radius 2 is 2.05 bits per heavy atom. The summed E-state index contributed by atoms with van der Waals surface area (Å²) < 4.78 is 12.9. The van der Waals surface area contributed by atoms with Gasteiger partial charge >= 0.3 is 0 Å². The molecular weight excluding hydrogens is 277 g/mol. The first-order valence-electron chi connectivity index (χ1n) is 7.53. The van der Waals surface area contributed by atoms with Gasteiger partial charge < -0.3 is 4.90 Å². The molecule has 1 aliphatic heterocycles. The van der Waals surface area contributed by atoms with Crippen molar-refractivity contribution in [1.82, 2.24) is 4.98 Å². The Labute approximate surface area is 130 Å². The van der Waals surface area contributed by atoms with Crippen LogP contribution in [-0.2, 0) is 6.42 Å². The molecule has 1 atom stereocenters. The summed E-state index contributed by atoms with van der Waals surface area (Å²) >= 11 is 0. The molecule has 0 bridgehead atoms. The van der Waals surface area contributed by atoms with Crippen molar-refractivity contribution in [3.8, 4) is 6.07 Å². The van der Waals surface area contributed by atoms with E-state index < -0.39 is 0 Å². The summed E-state index contributed by atoms with van der Waals surface area (Å²) in [6.45, 7) is 3.78. The first-order chi connectivity index (χ1) is 10.7. The molecule has 3 rings (SSSR count). The van der Waals surface area contributed by atoms with E-state index in [1.807, 2.05) is 31.2 Å². The zero-order chi connectivity index (χ0) is 15.5. The van der Waals surface area contributed by atoms with Crippen LogP contribution in [0.2, 0.25) is 0 Å². The Hall–Kier alpha value is -2.41. The fourth-order valence-corrected chi connectivity index (χ4v) is 2.97. The molecule has 22 heavy (non-hydrogen) atoms. The summed E-state index contributed by atoms with van der Waals surface area (Å²) in [6, 6.07) is 12.8. The van der Waals surface area contributed by atoms with Crippen molar-refractivity contribution in [1.29, 1.82) is 5.26 Å². The molecular formula is C18H18FN3. The smallest absolute Gasteiger partial charge is 0.145 e. The fraction of sp³-hybridized carbons (Fsp3) is 0.333. The highest BCUT2D eigenvalue weighted by Crippen LogP contribution is 2.25. The molecule has 1 aromatic carbocycles. The van der Waals surface area contributed by atoms with Gasteiger partial charge in [-0.3, -0.25) is 0 Å². The van der Waals surface area contributed by atoms with E-state index in [9.17, 15) is 4.39 Å². The normalized spacial score (nSPS) is 17.5. The molecule has 0 N–H and O–H groups in total. The van der Waals surface area contributed by atoms with E-state index in [4.69, 9.17) is 5.26 Å². The van der Waals surface area contributed by atoms with Crippen molar-refractivity contribution < 1.29 is 4.39 Å². The van der Waals surface area contributed by atoms with E-state index >= 15 is 0 Å². The van der Waals surface area contributed by atoms with Crippen molar-refractivity contribution in [3.63, 3.8) is 0 Å². The molecule has 0 radical (unpaired) electrons. The van der Waals surface area contributed by atoms with Gasteiger partial charge in [-0.05, 0) is 55.0 Å². The highest BCUT2D eigenvalue weighted by Gasteiger charge is 2.24. The maximum absolute atomic E-state index is 12.9. The molecule has 2 heterocycles. The maximum Gasteiger partial charge on any atom is 0.145 e. The van der Waals surface area contributed by atoms with Crippen LogP contribution in [0.1, 0.15) is 23.2 Å². The largest absolute Gasteiger partial charge is 0.356 e. The number of hydrogen-bond donors (Lipinski definition) is 0. The Morgan fingerprint density at radius 3 is 2.77 bits per heavy atom. The number of rotatable bonds is 3. The second kappa shape index (κ2) is 6.15. The number of nitriles is 1. The Morgan fingerprint density at radius 1 is 1.27 bits per heavy atom. The van der Waals surface area contributed by atoms with Crippen LogP contribution in [0.5, 0.6) is 0 Å². The molecule has 1 fully saturated rings. The molecule has 3 nitrogen and oxygen atoms in total. The van der Waals surface area contributed by atoms with Gasteiger partial charge in [-0.25, -0.2) is 9.37 Å². The van der Waals surface area contributed by atoms with E-state index in [-0.39, 0.29) is 5.82 Å². The summed E-state index contributed by atoms with van der Waals surface area (Å²) in [5.74, 6) is 1.23. The van der Waals surface area contributed by atoms with E-state index in [0.717, 1.165) is 37.3 Å². The third kappa shape index (κ3) is 3.09. The molecule has 0 amide bonds. The predicted octanol–water partition coefficient (Wildman–Crippen LogP) is 3.47. The average Bonchev–Trinajstić information content (AvgIpc) is 2.98. The minimum Gasteiger partial charge on any atom is -0.356 e. The van der Waals surface area contributed by atoms with Crippen LogP contribution in [0.4, 0.5) is 10.2 Å². The molecule has 0 aliphatic carbocycles. The molecule has 112 valence electrons. The molecule has 0 saturated carbocycles. The van der Waals surface area contributed by atoms with Gasteiger partial charge in [-0.1, -0.05) is 18.2 Å². The molecule has 2 aromatic rings. The summed E-state index contributed by atoms with van der Waals surface area (Å²) in [7, 11) is 0.